The number of carbonyl (C=O) groups is 2. The first-order chi connectivity index (χ1) is 8.25. The van der Waals surface area contributed by atoms with Crippen molar-refractivity contribution in [2.24, 2.45) is 23.2 Å². The van der Waals surface area contributed by atoms with Crippen LogP contribution in [-0.4, -0.2) is 22.2 Å². The van der Waals surface area contributed by atoms with Crippen molar-refractivity contribution < 1.29 is 19.8 Å². The number of hydrogen-bond acceptors (Lipinski definition) is 2. The molecular formula is C14H20O4. The largest absolute Gasteiger partial charge is 0.481 e. The first kappa shape index (κ1) is 14.5. The molecule has 0 aromatic heterocycles. The van der Waals surface area contributed by atoms with Crippen molar-refractivity contribution in [3.05, 3.63) is 23.8 Å². The monoisotopic (exact) mass is 252 g/mol. The summed E-state index contributed by atoms with van der Waals surface area (Å²) in [5, 5.41) is 19.0. The SMILES string of the molecule is CC(C)C1=CC=CC(C(=O)O)(C(C)C)C1C(=O)O. The zero-order valence-electron chi connectivity index (χ0n) is 11.2. The highest BCUT2D eigenvalue weighted by molar-refractivity contribution is 5.88. The second-order valence-corrected chi connectivity index (χ2v) is 5.34. The van der Waals surface area contributed by atoms with E-state index in [4.69, 9.17) is 0 Å². The summed E-state index contributed by atoms with van der Waals surface area (Å²) in [6, 6.07) is 0. The van der Waals surface area contributed by atoms with E-state index in [-0.39, 0.29) is 11.8 Å². The molecule has 1 rings (SSSR count). The summed E-state index contributed by atoms with van der Waals surface area (Å²) >= 11 is 0. The fourth-order valence-electron chi connectivity index (χ4n) is 2.63. The predicted molar refractivity (Wildman–Crippen MR) is 68.1 cm³/mol. The van der Waals surface area contributed by atoms with Gasteiger partial charge in [-0.3, -0.25) is 9.59 Å². The van der Waals surface area contributed by atoms with Gasteiger partial charge >= 0.3 is 11.9 Å². The lowest BCUT2D eigenvalue weighted by molar-refractivity contribution is -0.160. The molecule has 0 amide bonds. The van der Waals surface area contributed by atoms with Crippen molar-refractivity contribution in [2.75, 3.05) is 0 Å². The van der Waals surface area contributed by atoms with E-state index >= 15 is 0 Å². The van der Waals surface area contributed by atoms with Gasteiger partial charge in [0.2, 0.25) is 0 Å². The number of carboxylic acids is 2. The quantitative estimate of drug-likeness (QED) is 0.806. The molecule has 0 fully saturated rings. The third-order valence-corrected chi connectivity index (χ3v) is 3.71. The lowest BCUT2D eigenvalue weighted by Crippen LogP contribution is -2.47. The van der Waals surface area contributed by atoms with E-state index in [9.17, 15) is 19.8 Å². The Bertz CT molecular complexity index is 418. The van der Waals surface area contributed by atoms with Crippen LogP contribution in [0.3, 0.4) is 0 Å². The molecule has 100 valence electrons. The Labute approximate surface area is 107 Å². The zero-order valence-corrected chi connectivity index (χ0v) is 11.2. The molecule has 0 saturated carbocycles. The van der Waals surface area contributed by atoms with Gasteiger partial charge in [0, 0.05) is 0 Å². The molecule has 0 saturated heterocycles. The summed E-state index contributed by atoms with van der Waals surface area (Å²) in [7, 11) is 0. The molecule has 1 aliphatic rings. The first-order valence-corrected chi connectivity index (χ1v) is 6.10. The number of rotatable bonds is 4. The summed E-state index contributed by atoms with van der Waals surface area (Å²) < 4.78 is 0. The van der Waals surface area contributed by atoms with Crippen LogP contribution in [0.15, 0.2) is 23.8 Å². The molecule has 0 bridgehead atoms. The van der Waals surface area contributed by atoms with Gasteiger partial charge in [-0.2, -0.15) is 0 Å². The van der Waals surface area contributed by atoms with Gasteiger partial charge in [0.1, 0.15) is 5.41 Å². The normalized spacial score (nSPS) is 27.4. The molecule has 2 N–H and O–H groups in total. The van der Waals surface area contributed by atoms with Crippen LogP contribution in [0.2, 0.25) is 0 Å². The predicted octanol–water partition coefficient (Wildman–Crippen LogP) is 2.57. The minimum atomic E-state index is -1.36. The lowest BCUT2D eigenvalue weighted by Gasteiger charge is -2.40. The highest BCUT2D eigenvalue weighted by Gasteiger charge is 2.52. The Morgan fingerprint density at radius 2 is 1.78 bits per heavy atom. The van der Waals surface area contributed by atoms with Gasteiger partial charge in [0.25, 0.3) is 0 Å². The van der Waals surface area contributed by atoms with E-state index in [1.807, 2.05) is 13.8 Å². The van der Waals surface area contributed by atoms with Crippen LogP contribution in [0, 0.1) is 23.2 Å². The van der Waals surface area contributed by atoms with Gasteiger partial charge in [-0.25, -0.2) is 0 Å². The molecule has 0 radical (unpaired) electrons. The number of aliphatic carboxylic acids is 2. The Balaban J connectivity index is 3.44. The molecule has 2 unspecified atom stereocenters. The number of hydrogen-bond donors (Lipinski definition) is 2. The van der Waals surface area contributed by atoms with Crippen molar-refractivity contribution >= 4 is 11.9 Å². The van der Waals surface area contributed by atoms with Crippen LogP contribution >= 0.6 is 0 Å². The fourth-order valence-corrected chi connectivity index (χ4v) is 2.63. The fraction of sp³-hybridized carbons (Fsp3) is 0.571. The van der Waals surface area contributed by atoms with Crippen LogP contribution in [0.25, 0.3) is 0 Å². The molecule has 0 aromatic carbocycles. The van der Waals surface area contributed by atoms with Crippen LogP contribution in [0.4, 0.5) is 0 Å². The highest BCUT2D eigenvalue weighted by Crippen LogP contribution is 2.46. The first-order valence-electron chi connectivity index (χ1n) is 6.10. The van der Waals surface area contributed by atoms with E-state index in [1.165, 1.54) is 6.08 Å². The summed E-state index contributed by atoms with van der Waals surface area (Å²) in [4.78, 5) is 23.2. The average Bonchev–Trinajstić information content (AvgIpc) is 2.26. The minimum absolute atomic E-state index is 0.00789. The Morgan fingerprint density at radius 3 is 2.11 bits per heavy atom. The Morgan fingerprint density at radius 1 is 1.22 bits per heavy atom. The van der Waals surface area contributed by atoms with Crippen molar-refractivity contribution in [3.8, 4) is 0 Å². The van der Waals surface area contributed by atoms with E-state index < -0.39 is 23.3 Å². The maximum Gasteiger partial charge on any atom is 0.314 e. The molecular weight excluding hydrogens is 232 g/mol. The maximum absolute atomic E-state index is 11.7. The molecule has 4 heteroatoms. The van der Waals surface area contributed by atoms with Gasteiger partial charge < -0.3 is 10.2 Å². The van der Waals surface area contributed by atoms with Gasteiger partial charge in [0.15, 0.2) is 0 Å². The van der Waals surface area contributed by atoms with Gasteiger partial charge in [-0.15, -0.1) is 0 Å². The molecule has 2 atom stereocenters. The summed E-state index contributed by atoms with van der Waals surface area (Å²) in [6.45, 7) is 7.26. The van der Waals surface area contributed by atoms with Gasteiger partial charge in [-0.1, -0.05) is 51.5 Å². The van der Waals surface area contributed by atoms with Crippen molar-refractivity contribution in [1.29, 1.82) is 0 Å². The molecule has 0 heterocycles. The number of carboxylic acid groups (broad SMARTS) is 2. The molecule has 4 nitrogen and oxygen atoms in total. The van der Waals surface area contributed by atoms with Crippen LogP contribution in [-0.2, 0) is 9.59 Å². The smallest absolute Gasteiger partial charge is 0.314 e. The summed E-state index contributed by atoms with van der Waals surface area (Å²) in [6.07, 6.45) is 4.92. The van der Waals surface area contributed by atoms with Crippen molar-refractivity contribution in [3.63, 3.8) is 0 Å². The lowest BCUT2D eigenvalue weighted by atomic mass is 9.61. The van der Waals surface area contributed by atoms with Crippen LogP contribution < -0.4 is 0 Å². The highest BCUT2D eigenvalue weighted by atomic mass is 16.4. The van der Waals surface area contributed by atoms with Crippen LogP contribution in [0.1, 0.15) is 27.7 Å². The second-order valence-electron chi connectivity index (χ2n) is 5.34. The van der Waals surface area contributed by atoms with Crippen molar-refractivity contribution in [2.45, 2.75) is 27.7 Å². The molecule has 0 spiro atoms. The second kappa shape index (κ2) is 4.96. The molecule has 18 heavy (non-hydrogen) atoms. The van der Waals surface area contributed by atoms with Crippen molar-refractivity contribution in [1.82, 2.24) is 0 Å². The molecule has 0 aromatic rings. The molecule has 1 aliphatic carbocycles. The molecule has 0 aliphatic heterocycles. The van der Waals surface area contributed by atoms with Crippen LogP contribution in [0.5, 0.6) is 0 Å². The van der Waals surface area contributed by atoms with E-state index in [0.29, 0.717) is 5.57 Å². The third-order valence-electron chi connectivity index (χ3n) is 3.71. The zero-order chi connectivity index (χ0) is 14.1. The summed E-state index contributed by atoms with van der Waals surface area (Å²) in [5.74, 6) is -3.44. The third kappa shape index (κ3) is 2.07. The minimum Gasteiger partial charge on any atom is -0.481 e. The van der Waals surface area contributed by atoms with E-state index in [0.717, 1.165) is 0 Å². The standard InChI is InChI=1S/C14H20O4/c1-8(2)10-6-5-7-14(9(3)4,13(17)18)11(10)12(15)16/h5-9,11H,1-4H3,(H,15,16)(H,17,18). The summed E-state index contributed by atoms with van der Waals surface area (Å²) in [5.41, 5.74) is -0.693. The average molecular weight is 252 g/mol. The number of allylic oxidation sites excluding steroid dienone is 2. The van der Waals surface area contributed by atoms with Gasteiger partial charge in [-0.05, 0) is 11.8 Å². The maximum atomic E-state index is 11.7. The Hall–Kier alpha value is -1.58. The van der Waals surface area contributed by atoms with Gasteiger partial charge in [0.05, 0.1) is 5.92 Å². The Kier molecular flexibility index (Phi) is 3.99. The van der Waals surface area contributed by atoms with E-state index in [2.05, 4.69) is 0 Å². The van der Waals surface area contributed by atoms with E-state index in [1.54, 1.807) is 26.0 Å². The topological polar surface area (TPSA) is 74.6 Å².